The molecule has 0 aliphatic rings. The quantitative estimate of drug-likeness (QED) is 0.639. The Morgan fingerprint density at radius 1 is 1.24 bits per heavy atom. The highest BCUT2D eigenvalue weighted by molar-refractivity contribution is 5.87. The molecule has 6 heteroatoms. The Hall–Kier alpha value is -3.02. The molecule has 3 aromatic rings. The zero-order chi connectivity index (χ0) is 17.6. The van der Waals surface area contributed by atoms with Crippen molar-refractivity contribution in [2.45, 2.75) is 13.0 Å². The molecule has 0 radical (unpaired) electrons. The van der Waals surface area contributed by atoms with Crippen molar-refractivity contribution in [3.8, 4) is 5.75 Å². The number of benzene rings is 1. The lowest BCUT2D eigenvalue weighted by molar-refractivity contribution is -0.137. The van der Waals surface area contributed by atoms with Gasteiger partial charge in [0.25, 0.3) is 0 Å². The van der Waals surface area contributed by atoms with Gasteiger partial charge >= 0.3 is 5.97 Å². The molecule has 0 saturated heterocycles. The van der Waals surface area contributed by atoms with E-state index in [1.54, 1.807) is 17.0 Å². The predicted molar refractivity (Wildman–Crippen MR) is 97.2 cm³/mol. The average molecular weight is 339 g/mol. The topological polar surface area (TPSA) is 67.6 Å². The van der Waals surface area contributed by atoms with Crippen LogP contribution < -0.4 is 9.64 Å². The minimum Gasteiger partial charge on any atom is -0.493 e. The fourth-order valence-electron chi connectivity index (χ4n) is 2.78. The molecule has 0 fully saturated rings. The van der Waals surface area contributed by atoms with E-state index in [-0.39, 0.29) is 6.54 Å². The van der Waals surface area contributed by atoms with Gasteiger partial charge in [0, 0.05) is 31.4 Å². The number of aromatic nitrogens is 2. The Kier molecular flexibility index (Phi) is 5.18. The molecule has 2 aromatic heterocycles. The highest BCUT2D eigenvalue weighted by Gasteiger charge is 2.09. The van der Waals surface area contributed by atoms with Crippen molar-refractivity contribution in [1.29, 1.82) is 0 Å². The average Bonchev–Trinajstić information content (AvgIpc) is 3.02. The van der Waals surface area contributed by atoms with E-state index in [9.17, 15) is 4.79 Å². The lowest BCUT2D eigenvalue weighted by Gasteiger charge is -2.18. The normalized spacial score (nSPS) is 10.8. The van der Waals surface area contributed by atoms with Crippen LogP contribution in [-0.4, -0.2) is 40.8 Å². The van der Waals surface area contributed by atoms with Gasteiger partial charge in [-0.15, -0.1) is 0 Å². The van der Waals surface area contributed by atoms with Crippen molar-refractivity contribution in [1.82, 2.24) is 9.55 Å². The molecule has 1 aromatic carbocycles. The largest absolute Gasteiger partial charge is 0.493 e. The summed E-state index contributed by atoms with van der Waals surface area (Å²) in [6.07, 6.45) is 4.42. The van der Waals surface area contributed by atoms with Gasteiger partial charge in [-0.25, -0.2) is 4.98 Å². The number of aliphatic carboxylic acids is 1. The van der Waals surface area contributed by atoms with Gasteiger partial charge in [0.2, 0.25) is 0 Å². The van der Waals surface area contributed by atoms with E-state index in [4.69, 9.17) is 9.84 Å². The van der Waals surface area contributed by atoms with E-state index >= 15 is 0 Å². The number of anilines is 1. The summed E-state index contributed by atoms with van der Waals surface area (Å²) >= 11 is 0. The van der Waals surface area contributed by atoms with E-state index in [2.05, 4.69) is 9.88 Å². The number of carboxylic acid groups (broad SMARTS) is 1. The maximum atomic E-state index is 10.9. The molecular formula is C19H21N3O3. The number of hydrogen-bond donors (Lipinski definition) is 1. The van der Waals surface area contributed by atoms with Crippen molar-refractivity contribution >= 4 is 22.7 Å². The first-order valence-corrected chi connectivity index (χ1v) is 8.20. The molecule has 0 bridgehead atoms. The van der Waals surface area contributed by atoms with Crippen LogP contribution in [0.4, 0.5) is 5.82 Å². The molecular weight excluding hydrogens is 318 g/mol. The summed E-state index contributed by atoms with van der Waals surface area (Å²) in [5, 5.41) is 9.90. The molecule has 0 aliphatic heterocycles. The van der Waals surface area contributed by atoms with Crippen LogP contribution in [0.25, 0.3) is 10.9 Å². The zero-order valence-corrected chi connectivity index (χ0v) is 14.1. The second kappa shape index (κ2) is 7.70. The van der Waals surface area contributed by atoms with Crippen molar-refractivity contribution in [3.05, 3.63) is 54.9 Å². The molecule has 0 atom stereocenters. The van der Waals surface area contributed by atoms with Crippen LogP contribution >= 0.6 is 0 Å². The van der Waals surface area contributed by atoms with Crippen LogP contribution in [0.2, 0.25) is 0 Å². The zero-order valence-electron chi connectivity index (χ0n) is 14.1. The summed E-state index contributed by atoms with van der Waals surface area (Å²) < 4.78 is 7.62. The Balaban J connectivity index is 1.58. The number of nitrogens with zero attached hydrogens (tertiary/aromatic N) is 3. The summed E-state index contributed by atoms with van der Waals surface area (Å²) in [5.74, 6) is 0.860. The Labute approximate surface area is 146 Å². The summed E-state index contributed by atoms with van der Waals surface area (Å²) in [6.45, 7) is 1.37. The smallest absolute Gasteiger partial charge is 0.323 e. The van der Waals surface area contributed by atoms with Gasteiger partial charge < -0.3 is 19.3 Å². The van der Waals surface area contributed by atoms with Crippen LogP contribution in [0.3, 0.4) is 0 Å². The van der Waals surface area contributed by atoms with Crippen molar-refractivity contribution < 1.29 is 14.6 Å². The number of pyridine rings is 1. The number of rotatable bonds is 8. The first-order chi connectivity index (χ1) is 12.1. The van der Waals surface area contributed by atoms with Crippen molar-refractivity contribution in [2.24, 2.45) is 0 Å². The standard InChI is InChI=1S/C19H21N3O3/c1-21(18-8-2-3-10-20-18)11-5-13-25-17-7-4-6-16-15(17)9-12-22(16)14-19(23)24/h2-4,6-10,12H,5,11,13-14H2,1H3,(H,23,24). The Bertz CT molecular complexity index is 846. The molecule has 0 amide bonds. The van der Waals surface area contributed by atoms with E-state index in [1.165, 1.54) is 0 Å². The Morgan fingerprint density at radius 3 is 2.88 bits per heavy atom. The lowest BCUT2D eigenvalue weighted by atomic mass is 10.2. The third-order valence-corrected chi connectivity index (χ3v) is 4.02. The summed E-state index contributed by atoms with van der Waals surface area (Å²) in [7, 11) is 2.01. The molecule has 0 unspecified atom stereocenters. The van der Waals surface area contributed by atoms with Gasteiger partial charge in [-0.3, -0.25) is 4.79 Å². The number of carbonyl (C=O) groups is 1. The van der Waals surface area contributed by atoms with Gasteiger partial charge in [-0.1, -0.05) is 12.1 Å². The maximum Gasteiger partial charge on any atom is 0.323 e. The first-order valence-electron chi connectivity index (χ1n) is 8.20. The van der Waals surface area contributed by atoms with Crippen molar-refractivity contribution in [3.63, 3.8) is 0 Å². The van der Waals surface area contributed by atoms with E-state index < -0.39 is 5.97 Å². The van der Waals surface area contributed by atoms with E-state index in [0.717, 1.165) is 35.4 Å². The van der Waals surface area contributed by atoms with Crippen LogP contribution in [0, 0.1) is 0 Å². The van der Waals surface area contributed by atoms with Crippen LogP contribution in [0.1, 0.15) is 6.42 Å². The minimum atomic E-state index is -0.860. The summed E-state index contributed by atoms with van der Waals surface area (Å²) in [5.41, 5.74) is 0.866. The first kappa shape index (κ1) is 16.8. The highest BCUT2D eigenvalue weighted by Crippen LogP contribution is 2.26. The number of fused-ring (bicyclic) bond motifs is 1. The van der Waals surface area contributed by atoms with Crippen LogP contribution in [0.15, 0.2) is 54.9 Å². The molecule has 2 heterocycles. The molecule has 0 spiro atoms. The second-order valence-corrected chi connectivity index (χ2v) is 5.84. The van der Waals surface area contributed by atoms with Gasteiger partial charge in [-0.05, 0) is 36.8 Å². The third-order valence-electron chi connectivity index (χ3n) is 4.02. The minimum absolute atomic E-state index is 0.0537. The maximum absolute atomic E-state index is 10.9. The molecule has 1 N–H and O–H groups in total. The third kappa shape index (κ3) is 4.09. The van der Waals surface area contributed by atoms with Gasteiger partial charge in [0.15, 0.2) is 0 Å². The molecule has 0 saturated carbocycles. The lowest BCUT2D eigenvalue weighted by Crippen LogP contribution is -2.21. The van der Waals surface area contributed by atoms with E-state index in [1.807, 2.05) is 49.5 Å². The van der Waals surface area contributed by atoms with Crippen molar-refractivity contribution in [2.75, 3.05) is 25.1 Å². The summed E-state index contributed by atoms with van der Waals surface area (Å²) in [6, 6.07) is 13.4. The van der Waals surface area contributed by atoms with Gasteiger partial charge in [0.05, 0.1) is 12.1 Å². The molecule has 130 valence electrons. The van der Waals surface area contributed by atoms with Crippen LogP contribution in [0.5, 0.6) is 5.75 Å². The van der Waals surface area contributed by atoms with E-state index in [0.29, 0.717) is 6.61 Å². The fraction of sp³-hybridized carbons (Fsp3) is 0.263. The molecule has 3 rings (SSSR count). The molecule has 0 aliphatic carbocycles. The van der Waals surface area contributed by atoms with Gasteiger partial charge in [0.1, 0.15) is 18.1 Å². The summed E-state index contributed by atoms with van der Waals surface area (Å²) in [4.78, 5) is 17.3. The molecule has 6 nitrogen and oxygen atoms in total. The number of ether oxygens (including phenoxy) is 1. The highest BCUT2D eigenvalue weighted by atomic mass is 16.5. The van der Waals surface area contributed by atoms with Gasteiger partial charge in [-0.2, -0.15) is 0 Å². The predicted octanol–water partition coefficient (Wildman–Crippen LogP) is 3.03. The Morgan fingerprint density at radius 2 is 2.12 bits per heavy atom. The fourth-order valence-corrected chi connectivity index (χ4v) is 2.78. The monoisotopic (exact) mass is 339 g/mol. The SMILES string of the molecule is CN(CCCOc1cccc2c1ccn2CC(=O)O)c1ccccn1. The molecule has 25 heavy (non-hydrogen) atoms. The number of carboxylic acids is 1. The number of hydrogen-bond acceptors (Lipinski definition) is 4. The van der Waals surface area contributed by atoms with Crippen LogP contribution in [-0.2, 0) is 11.3 Å². The second-order valence-electron chi connectivity index (χ2n) is 5.84.